The van der Waals surface area contributed by atoms with E-state index in [1.165, 1.54) is 16.5 Å². The van der Waals surface area contributed by atoms with Crippen LogP contribution in [0.1, 0.15) is 11.1 Å². The third kappa shape index (κ3) is 5.03. The molecule has 0 amide bonds. The Hall–Kier alpha value is -1.03. The zero-order valence-electron chi connectivity index (χ0n) is 12.2. The first-order valence-corrected chi connectivity index (χ1v) is 8.25. The third-order valence-corrected chi connectivity index (χ3v) is 4.72. The second-order valence-electron chi connectivity index (χ2n) is 5.05. The first kappa shape index (κ1) is 16.3. The minimum atomic E-state index is -0.233. The first-order valence-electron chi connectivity index (χ1n) is 6.89. The molecule has 0 aliphatic rings. The number of hydrogen-bond acceptors (Lipinski definition) is 2. The van der Waals surface area contributed by atoms with Crippen LogP contribution in [-0.4, -0.2) is 18.8 Å². The fraction of sp³-hybridized carbons (Fsp3) is 0.294. The highest BCUT2D eigenvalue weighted by Gasteiger charge is 2.11. The molecule has 112 valence electrons. The van der Waals surface area contributed by atoms with E-state index in [-0.39, 0.29) is 11.9 Å². The van der Waals surface area contributed by atoms with Gasteiger partial charge in [-0.1, -0.05) is 35.4 Å². The summed E-state index contributed by atoms with van der Waals surface area (Å²) in [4.78, 5) is 1.24. The van der Waals surface area contributed by atoms with Crippen molar-refractivity contribution in [2.45, 2.75) is 24.3 Å². The van der Waals surface area contributed by atoms with E-state index in [1.807, 2.05) is 7.05 Å². The lowest BCUT2D eigenvalue weighted by Gasteiger charge is -2.16. The minimum Gasteiger partial charge on any atom is -0.316 e. The summed E-state index contributed by atoms with van der Waals surface area (Å²) in [5.41, 5.74) is 1.95. The highest BCUT2D eigenvalue weighted by atomic mass is 35.5. The Bertz CT molecular complexity index is 603. The van der Waals surface area contributed by atoms with E-state index in [1.54, 1.807) is 23.9 Å². The van der Waals surface area contributed by atoms with Crippen LogP contribution in [0.25, 0.3) is 0 Å². The van der Waals surface area contributed by atoms with Gasteiger partial charge in [0.15, 0.2) is 0 Å². The van der Waals surface area contributed by atoms with Gasteiger partial charge in [-0.05, 0) is 50.2 Å². The molecule has 0 aromatic heterocycles. The lowest BCUT2D eigenvalue weighted by atomic mass is 10.1. The van der Waals surface area contributed by atoms with E-state index >= 15 is 0 Å². The van der Waals surface area contributed by atoms with Crippen molar-refractivity contribution in [3.8, 4) is 0 Å². The Morgan fingerprint density at radius 2 is 2.05 bits per heavy atom. The molecule has 0 aliphatic carbocycles. The Morgan fingerprint density at radius 3 is 2.71 bits per heavy atom. The summed E-state index contributed by atoms with van der Waals surface area (Å²) >= 11 is 7.57. The molecule has 0 saturated heterocycles. The van der Waals surface area contributed by atoms with E-state index in [0.29, 0.717) is 17.0 Å². The first-order chi connectivity index (χ1) is 10.1. The lowest BCUT2D eigenvalue weighted by Crippen LogP contribution is -2.30. The summed E-state index contributed by atoms with van der Waals surface area (Å²) < 4.78 is 13.8. The molecule has 1 N–H and O–H groups in total. The molecule has 0 bridgehead atoms. The molecule has 1 unspecified atom stereocenters. The number of halogens is 2. The minimum absolute atomic E-state index is 0.214. The van der Waals surface area contributed by atoms with Crippen LogP contribution in [0.2, 0.25) is 5.02 Å². The maximum absolute atomic E-state index is 13.8. The number of benzene rings is 2. The van der Waals surface area contributed by atoms with E-state index in [9.17, 15) is 4.39 Å². The average Bonchev–Trinajstić information content (AvgIpc) is 2.45. The maximum Gasteiger partial charge on any atom is 0.127 e. The molecule has 0 aliphatic heterocycles. The summed E-state index contributed by atoms with van der Waals surface area (Å²) in [7, 11) is 1.91. The predicted molar refractivity (Wildman–Crippen MR) is 89.9 cm³/mol. The van der Waals surface area contributed by atoms with Gasteiger partial charge in [0.2, 0.25) is 0 Å². The molecule has 2 aromatic carbocycles. The van der Waals surface area contributed by atoms with Gasteiger partial charge >= 0.3 is 0 Å². The largest absolute Gasteiger partial charge is 0.316 e. The monoisotopic (exact) mass is 323 g/mol. The molecule has 0 heterocycles. The molecule has 1 nitrogen and oxygen atoms in total. The van der Waals surface area contributed by atoms with Crippen LogP contribution in [0.5, 0.6) is 0 Å². The van der Waals surface area contributed by atoms with E-state index in [4.69, 9.17) is 11.6 Å². The van der Waals surface area contributed by atoms with Crippen LogP contribution in [-0.2, 0) is 6.42 Å². The number of hydrogen-bond donors (Lipinski definition) is 1. The van der Waals surface area contributed by atoms with Crippen molar-refractivity contribution in [1.29, 1.82) is 0 Å². The number of thioether (sulfide) groups is 1. The second-order valence-corrected chi connectivity index (χ2v) is 6.58. The van der Waals surface area contributed by atoms with Crippen molar-refractivity contribution in [2.75, 3.05) is 12.8 Å². The summed E-state index contributed by atoms with van der Waals surface area (Å²) in [6, 6.07) is 13.5. The molecule has 1 atom stereocenters. The fourth-order valence-electron chi connectivity index (χ4n) is 2.10. The van der Waals surface area contributed by atoms with Crippen LogP contribution in [0.15, 0.2) is 47.4 Å². The van der Waals surface area contributed by atoms with Gasteiger partial charge in [-0.2, -0.15) is 0 Å². The van der Waals surface area contributed by atoms with Gasteiger partial charge in [0, 0.05) is 21.7 Å². The summed E-state index contributed by atoms with van der Waals surface area (Å²) in [5, 5.41) is 3.69. The zero-order chi connectivity index (χ0) is 15.2. The standard InChI is InChI=1S/C17H19ClFNS/c1-12-4-3-5-16(8-12)21-11-15(20-2)9-13-6-7-14(18)10-17(13)19/h3-8,10,15,20H,9,11H2,1-2H3. The highest BCUT2D eigenvalue weighted by molar-refractivity contribution is 7.99. The Labute approximate surface area is 134 Å². The van der Waals surface area contributed by atoms with Crippen LogP contribution < -0.4 is 5.32 Å². The normalized spacial score (nSPS) is 12.4. The van der Waals surface area contributed by atoms with Crippen molar-refractivity contribution in [1.82, 2.24) is 5.32 Å². The molecular formula is C17H19ClFNS. The fourth-order valence-corrected chi connectivity index (χ4v) is 3.38. The SMILES string of the molecule is CNC(CSc1cccc(C)c1)Cc1ccc(Cl)cc1F. The molecule has 0 fully saturated rings. The molecule has 2 rings (SSSR count). The van der Waals surface area contributed by atoms with Crippen molar-refractivity contribution >= 4 is 23.4 Å². The summed E-state index contributed by atoms with van der Waals surface area (Å²) in [6.07, 6.45) is 0.651. The number of rotatable bonds is 6. The lowest BCUT2D eigenvalue weighted by molar-refractivity contribution is 0.568. The van der Waals surface area contributed by atoms with Crippen LogP contribution in [0.3, 0.4) is 0 Å². The van der Waals surface area contributed by atoms with Gasteiger partial charge in [0.05, 0.1) is 0 Å². The van der Waals surface area contributed by atoms with Gasteiger partial charge in [-0.25, -0.2) is 4.39 Å². The highest BCUT2D eigenvalue weighted by Crippen LogP contribution is 2.22. The van der Waals surface area contributed by atoms with Gasteiger partial charge < -0.3 is 5.32 Å². The quantitative estimate of drug-likeness (QED) is 0.773. The van der Waals surface area contributed by atoms with Crippen LogP contribution >= 0.6 is 23.4 Å². The van der Waals surface area contributed by atoms with Crippen molar-refractivity contribution < 1.29 is 4.39 Å². The molecule has 0 spiro atoms. The Kier molecular flexibility index (Phi) is 6.09. The van der Waals surface area contributed by atoms with Crippen LogP contribution in [0, 0.1) is 12.7 Å². The molecular weight excluding hydrogens is 305 g/mol. The molecule has 4 heteroatoms. The van der Waals surface area contributed by atoms with Crippen molar-refractivity contribution in [3.63, 3.8) is 0 Å². The molecule has 21 heavy (non-hydrogen) atoms. The molecule has 0 radical (unpaired) electrons. The smallest absolute Gasteiger partial charge is 0.127 e. The number of aryl methyl sites for hydroxylation is 1. The predicted octanol–water partition coefficient (Wildman–Crippen LogP) is 4.71. The maximum atomic E-state index is 13.8. The van der Waals surface area contributed by atoms with E-state index in [0.717, 1.165) is 5.75 Å². The van der Waals surface area contributed by atoms with E-state index < -0.39 is 0 Å². The topological polar surface area (TPSA) is 12.0 Å². The molecule has 2 aromatic rings. The second kappa shape index (κ2) is 7.83. The van der Waals surface area contributed by atoms with Crippen LogP contribution in [0.4, 0.5) is 4.39 Å². The van der Waals surface area contributed by atoms with Gasteiger partial charge in [-0.3, -0.25) is 0 Å². The average molecular weight is 324 g/mol. The van der Waals surface area contributed by atoms with Gasteiger partial charge in [-0.15, -0.1) is 11.8 Å². The van der Waals surface area contributed by atoms with Crippen molar-refractivity contribution in [2.24, 2.45) is 0 Å². The number of likely N-dealkylation sites (N-methyl/N-ethyl adjacent to an activating group) is 1. The van der Waals surface area contributed by atoms with E-state index in [2.05, 4.69) is 36.5 Å². The Balaban J connectivity index is 1.97. The third-order valence-electron chi connectivity index (χ3n) is 3.33. The number of nitrogens with one attached hydrogen (secondary N) is 1. The molecule has 0 saturated carbocycles. The zero-order valence-corrected chi connectivity index (χ0v) is 13.8. The van der Waals surface area contributed by atoms with Gasteiger partial charge in [0.1, 0.15) is 5.82 Å². The van der Waals surface area contributed by atoms with Crippen molar-refractivity contribution in [3.05, 3.63) is 64.4 Å². The van der Waals surface area contributed by atoms with Gasteiger partial charge in [0.25, 0.3) is 0 Å². The summed E-state index contributed by atoms with van der Waals surface area (Å²) in [5.74, 6) is 0.658. The Morgan fingerprint density at radius 1 is 1.24 bits per heavy atom. The summed E-state index contributed by atoms with van der Waals surface area (Å²) in [6.45, 7) is 2.09.